The highest BCUT2D eigenvalue weighted by Gasteiger charge is 2.28. The molecule has 2 aromatic carbocycles. The van der Waals surface area contributed by atoms with Gasteiger partial charge < -0.3 is 34.4 Å². The van der Waals surface area contributed by atoms with Crippen molar-refractivity contribution < 1.29 is 19.1 Å². The van der Waals surface area contributed by atoms with Crippen LogP contribution in [0.2, 0.25) is 0 Å². The second-order valence-electron chi connectivity index (χ2n) is 12.7. The van der Waals surface area contributed by atoms with Crippen molar-refractivity contribution >= 4 is 70.3 Å². The summed E-state index contributed by atoms with van der Waals surface area (Å²) in [6.07, 6.45) is 3.87. The zero-order valence-corrected chi connectivity index (χ0v) is 33.2. The van der Waals surface area contributed by atoms with Crippen molar-refractivity contribution in [2.24, 2.45) is 10.9 Å². The summed E-state index contributed by atoms with van der Waals surface area (Å²) >= 11 is 8.03. The molecule has 14 heteroatoms. The molecule has 4 atom stereocenters. The molecule has 0 aliphatic carbocycles. The van der Waals surface area contributed by atoms with Gasteiger partial charge in [0, 0.05) is 48.5 Å². The number of carbonyl (C=O) groups excluding carboxylic acids is 3. The fourth-order valence-corrected chi connectivity index (χ4v) is 7.32. The molecule has 274 valence electrons. The Morgan fingerprint density at radius 1 is 0.980 bits per heavy atom. The zero-order valence-electron chi connectivity index (χ0n) is 29.4. The second-order valence-corrected chi connectivity index (χ2v) is 14.9. The number of thioether (sulfide) groups is 1. The molecule has 0 radical (unpaired) electrons. The summed E-state index contributed by atoms with van der Waals surface area (Å²) < 4.78 is 8.25. The zero-order chi connectivity index (χ0) is 36.3. The van der Waals surface area contributed by atoms with Crippen molar-refractivity contribution in [3.8, 4) is 0 Å². The Hall–Kier alpha value is -2.95. The van der Waals surface area contributed by atoms with Crippen LogP contribution in [-0.4, -0.2) is 91.7 Å². The smallest absolute Gasteiger partial charge is 0.407 e. The summed E-state index contributed by atoms with van der Waals surface area (Å²) in [4.78, 5) is 47.0. The maximum absolute atomic E-state index is 13.9. The number of benzene rings is 2. The third kappa shape index (κ3) is 15.5. The minimum Gasteiger partial charge on any atom is -0.444 e. The Morgan fingerprint density at radius 3 is 2.12 bits per heavy atom. The predicted molar refractivity (Wildman–Crippen MR) is 216 cm³/mol. The Kier molecular flexibility index (Phi) is 18.9. The number of aliphatic imine (C=N–C) groups is 1. The highest BCUT2D eigenvalue weighted by molar-refractivity contribution is 14.1. The summed E-state index contributed by atoms with van der Waals surface area (Å²) in [5, 5.41) is 13.5. The van der Waals surface area contributed by atoms with E-state index in [0.29, 0.717) is 56.0 Å². The number of likely N-dealkylation sites (N-methyl/N-ethyl adjacent to an activating group) is 1. The molecule has 0 saturated carbocycles. The Bertz CT molecular complexity index is 1400. The summed E-state index contributed by atoms with van der Waals surface area (Å²) in [6, 6.07) is 18.4. The van der Waals surface area contributed by atoms with Crippen LogP contribution in [0, 0.1) is 5.92 Å². The fourth-order valence-electron chi connectivity index (χ4n) is 5.47. The van der Waals surface area contributed by atoms with Crippen LogP contribution < -0.4 is 24.8 Å². The number of amides is 4. The number of nitrogens with zero attached hydrogens (tertiary/aromatic N) is 2. The van der Waals surface area contributed by atoms with Crippen LogP contribution in [0.3, 0.4) is 0 Å². The van der Waals surface area contributed by atoms with Gasteiger partial charge in [-0.2, -0.15) is 0 Å². The molecule has 4 amide bonds. The molecule has 0 spiro atoms. The minimum atomic E-state index is -0.739. The number of hydrogen-bond acceptors (Lipinski definition) is 9. The van der Waals surface area contributed by atoms with Crippen molar-refractivity contribution in [3.05, 3.63) is 82.9 Å². The van der Waals surface area contributed by atoms with Gasteiger partial charge in [-0.3, -0.25) is 9.79 Å². The average Bonchev–Trinajstić information content (AvgIpc) is 3.57. The van der Waals surface area contributed by atoms with E-state index in [0.717, 1.165) is 21.9 Å². The standard InChI is InChI=1S/C36H52IN7O4S2/c1-25(2)34-41-30(24-50-34)22-44(4)35(46)43-32(17-18-38-3)33(45)40-28(19-26-11-7-5-8-12-26)15-16-29(20-27-13-9-6-10-14-27)42-36(47)48-23-31(49)21-39-37/h5-14,21,25,28-30,32,38-39,49H,15-20,22-24H2,1-4H3,(H,40,45)(H,42,47)(H,43,46)/b31-21-/t28-,29-,30?,32+/m1/s1. The van der Waals surface area contributed by atoms with E-state index in [1.54, 1.807) is 29.9 Å². The number of alkyl carbamates (subject to hydrolysis) is 1. The maximum Gasteiger partial charge on any atom is 0.407 e. The number of rotatable bonds is 20. The van der Waals surface area contributed by atoms with Gasteiger partial charge in [0.15, 0.2) is 0 Å². The van der Waals surface area contributed by atoms with E-state index >= 15 is 0 Å². The highest BCUT2D eigenvalue weighted by Crippen LogP contribution is 2.23. The van der Waals surface area contributed by atoms with Crippen LogP contribution in [0.1, 0.15) is 44.2 Å². The molecule has 1 aliphatic rings. The Morgan fingerprint density at radius 2 is 1.58 bits per heavy atom. The van der Waals surface area contributed by atoms with Crippen LogP contribution in [0.25, 0.3) is 0 Å². The largest absolute Gasteiger partial charge is 0.444 e. The third-order valence-electron chi connectivity index (χ3n) is 8.11. The van der Waals surface area contributed by atoms with Crippen molar-refractivity contribution in [2.45, 2.75) is 70.1 Å². The topological polar surface area (TPSA) is 136 Å². The molecule has 2 aromatic rings. The molecular weight excluding hydrogens is 785 g/mol. The number of halogens is 1. The molecule has 0 fully saturated rings. The number of ether oxygens (including phenoxy) is 1. The second kappa shape index (κ2) is 22.8. The lowest BCUT2D eigenvalue weighted by molar-refractivity contribution is -0.123. The van der Waals surface area contributed by atoms with Crippen molar-refractivity contribution in [1.29, 1.82) is 0 Å². The van der Waals surface area contributed by atoms with E-state index in [1.807, 2.05) is 90.6 Å². The van der Waals surface area contributed by atoms with Gasteiger partial charge in [-0.25, -0.2) is 9.59 Å². The fraction of sp³-hybridized carbons (Fsp3) is 0.500. The van der Waals surface area contributed by atoms with E-state index in [9.17, 15) is 14.4 Å². The Balaban J connectivity index is 1.71. The van der Waals surface area contributed by atoms with Crippen molar-refractivity contribution in [1.82, 2.24) is 29.7 Å². The van der Waals surface area contributed by atoms with E-state index in [4.69, 9.17) is 9.73 Å². The van der Waals surface area contributed by atoms with Gasteiger partial charge in [0.05, 0.1) is 34.0 Å². The van der Waals surface area contributed by atoms with Crippen LogP contribution in [0.5, 0.6) is 0 Å². The van der Waals surface area contributed by atoms with Crippen LogP contribution >= 0.6 is 47.3 Å². The predicted octanol–water partition coefficient (Wildman–Crippen LogP) is 5.33. The monoisotopic (exact) mass is 837 g/mol. The molecule has 3 rings (SSSR count). The number of nitrogens with one attached hydrogen (secondary N) is 5. The van der Waals surface area contributed by atoms with Crippen molar-refractivity contribution in [2.75, 3.05) is 39.5 Å². The molecule has 1 heterocycles. The summed E-state index contributed by atoms with van der Waals surface area (Å²) in [6.45, 7) is 5.31. The van der Waals surface area contributed by atoms with Gasteiger partial charge in [-0.15, -0.1) is 24.4 Å². The van der Waals surface area contributed by atoms with Gasteiger partial charge in [0.1, 0.15) is 12.6 Å². The van der Waals surface area contributed by atoms with Crippen molar-refractivity contribution in [3.63, 3.8) is 0 Å². The molecule has 1 aliphatic heterocycles. The number of urea groups is 1. The number of carbonyl (C=O) groups is 3. The summed E-state index contributed by atoms with van der Waals surface area (Å²) in [5.74, 6) is 0.966. The van der Waals surface area contributed by atoms with Gasteiger partial charge in [0.25, 0.3) is 0 Å². The molecular formula is C36H52IN7O4S2. The van der Waals surface area contributed by atoms with E-state index in [-0.39, 0.29) is 36.7 Å². The lowest BCUT2D eigenvalue weighted by Crippen LogP contribution is -2.54. The Labute approximate surface area is 320 Å². The number of thiol groups is 1. The van der Waals surface area contributed by atoms with Gasteiger partial charge >= 0.3 is 12.1 Å². The molecule has 5 N–H and O–H groups in total. The lowest BCUT2D eigenvalue weighted by atomic mass is 9.95. The van der Waals surface area contributed by atoms with E-state index < -0.39 is 12.1 Å². The minimum absolute atomic E-state index is 0.0344. The van der Waals surface area contributed by atoms with Gasteiger partial charge in [0.2, 0.25) is 5.91 Å². The first kappa shape index (κ1) is 41.5. The molecule has 11 nitrogen and oxygen atoms in total. The normalized spacial score (nSPS) is 16.2. The highest BCUT2D eigenvalue weighted by atomic mass is 127. The SMILES string of the molecule is CNCC[C@H](NC(=O)N(C)CC1CSC(C(C)C)=N1)C(=O)N[C@H](CC[C@H](Cc1ccccc1)NC(=O)OC/C(S)=C/NI)Cc1ccccc1. The van der Waals surface area contributed by atoms with E-state index in [1.165, 1.54) is 0 Å². The van der Waals surface area contributed by atoms with E-state index in [2.05, 4.69) is 51.3 Å². The molecule has 0 bridgehead atoms. The van der Waals surface area contributed by atoms with Crippen LogP contribution in [0.15, 0.2) is 76.8 Å². The number of hydrogen-bond donors (Lipinski definition) is 6. The van der Waals surface area contributed by atoms with Gasteiger partial charge in [-0.05, 0) is 56.8 Å². The maximum atomic E-state index is 13.9. The molecule has 0 saturated heterocycles. The molecule has 50 heavy (non-hydrogen) atoms. The van der Waals surface area contributed by atoms with Crippen LogP contribution in [-0.2, 0) is 22.4 Å². The molecule has 0 aromatic heterocycles. The van der Waals surface area contributed by atoms with Crippen LogP contribution in [0.4, 0.5) is 9.59 Å². The quantitative estimate of drug-likeness (QED) is 0.0604. The van der Waals surface area contributed by atoms with Gasteiger partial charge in [-0.1, -0.05) is 74.5 Å². The first-order chi connectivity index (χ1) is 24.1. The summed E-state index contributed by atoms with van der Waals surface area (Å²) in [5.41, 5.74) is 2.15. The first-order valence-corrected chi connectivity index (χ1v) is 19.5. The average molecular weight is 838 g/mol. The summed E-state index contributed by atoms with van der Waals surface area (Å²) in [7, 11) is 3.56. The third-order valence-corrected chi connectivity index (χ3v) is 10.1. The lowest BCUT2D eigenvalue weighted by Gasteiger charge is -2.27. The first-order valence-electron chi connectivity index (χ1n) is 17.0. The molecule has 1 unspecified atom stereocenters.